The Morgan fingerprint density at radius 1 is 1.22 bits per heavy atom. The molecule has 4 amide bonds. The number of imide groups is 1. The Bertz CT molecular complexity index is 652. The zero-order valence-corrected chi connectivity index (χ0v) is 12.8. The van der Waals surface area contributed by atoms with E-state index in [9.17, 15) is 14.4 Å². The van der Waals surface area contributed by atoms with Gasteiger partial charge in [0.15, 0.2) is 0 Å². The number of nitrogens with two attached hydrogens (primary N) is 1. The van der Waals surface area contributed by atoms with Crippen molar-refractivity contribution in [1.29, 1.82) is 0 Å². The molecule has 2 fully saturated rings. The van der Waals surface area contributed by atoms with Gasteiger partial charge in [0.2, 0.25) is 5.91 Å². The summed E-state index contributed by atoms with van der Waals surface area (Å²) in [4.78, 5) is 37.8. The summed E-state index contributed by atoms with van der Waals surface area (Å²) in [5, 5.41) is 5.41. The van der Waals surface area contributed by atoms with Gasteiger partial charge in [0.25, 0.3) is 5.91 Å². The van der Waals surface area contributed by atoms with Crippen molar-refractivity contribution in [3.8, 4) is 0 Å². The Labute approximate surface area is 134 Å². The van der Waals surface area contributed by atoms with Crippen molar-refractivity contribution in [3.05, 3.63) is 24.3 Å². The van der Waals surface area contributed by atoms with Gasteiger partial charge in [-0.3, -0.25) is 14.5 Å². The predicted octanol–water partition coefficient (Wildman–Crippen LogP) is 1.46. The fourth-order valence-corrected chi connectivity index (χ4v) is 3.26. The van der Waals surface area contributed by atoms with Crippen molar-refractivity contribution in [2.24, 2.45) is 0 Å². The minimum atomic E-state index is -0.804. The fraction of sp³-hybridized carbons (Fsp3) is 0.438. The van der Waals surface area contributed by atoms with Crippen molar-refractivity contribution in [3.63, 3.8) is 0 Å². The topological polar surface area (TPSA) is 105 Å². The summed E-state index contributed by atoms with van der Waals surface area (Å²) in [5.41, 5.74) is 5.87. The summed E-state index contributed by atoms with van der Waals surface area (Å²) in [6.07, 6.45) is 4.17. The van der Waals surface area contributed by atoms with E-state index in [-0.39, 0.29) is 12.5 Å². The first-order valence-electron chi connectivity index (χ1n) is 7.80. The van der Waals surface area contributed by atoms with Gasteiger partial charge >= 0.3 is 6.03 Å². The van der Waals surface area contributed by atoms with Crippen LogP contribution in [-0.2, 0) is 9.59 Å². The average molecular weight is 316 g/mol. The molecule has 4 N–H and O–H groups in total. The number of nitrogens with zero attached hydrogens (tertiary/aromatic N) is 1. The van der Waals surface area contributed by atoms with Crippen LogP contribution in [0.15, 0.2) is 24.3 Å². The Morgan fingerprint density at radius 3 is 2.61 bits per heavy atom. The van der Waals surface area contributed by atoms with E-state index < -0.39 is 17.5 Å². The van der Waals surface area contributed by atoms with Crippen molar-refractivity contribution in [1.82, 2.24) is 10.2 Å². The van der Waals surface area contributed by atoms with E-state index in [1.807, 2.05) is 0 Å². The minimum absolute atomic E-state index is 0.293. The standard InChI is InChI=1S/C16H20N4O3/c17-11-6-2-3-7-12(11)18-13(21)10-20-14(22)16(19-15(20)23)8-4-1-5-9-16/h2-3,6-7H,1,4-5,8-10,17H2,(H,18,21)(H,19,23). The van der Waals surface area contributed by atoms with Gasteiger partial charge in [-0.1, -0.05) is 31.4 Å². The van der Waals surface area contributed by atoms with E-state index >= 15 is 0 Å². The second kappa shape index (κ2) is 5.91. The lowest BCUT2D eigenvalue weighted by Crippen LogP contribution is -2.48. The molecule has 7 nitrogen and oxygen atoms in total. The molecule has 1 aliphatic carbocycles. The molecule has 1 saturated heterocycles. The van der Waals surface area contributed by atoms with Gasteiger partial charge in [-0.15, -0.1) is 0 Å². The highest BCUT2D eigenvalue weighted by Gasteiger charge is 2.51. The maximum absolute atomic E-state index is 12.6. The van der Waals surface area contributed by atoms with Crippen LogP contribution in [0, 0.1) is 0 Å². The van der Waals surface area contributed by atoms with Crippen LogP contribution >= 0.6 is 0 Å². The second-order valence-electron chi connectivity index (χ2n) is 6.10. The third kappa shape index (κ3) is 2.86. The lowest BCUT2D eigenvalue weighted by Gasteiger charge is -2.30. The normalized spacial score (nSPS) is 19.7. The zero-order valence-electron chi connectivity index (χ0n) is 12.8. The number of anilines is 2. The molecule has 2 aliphatic rings. The number of nitrogen functional groups attached to an aromatic ring is 1. The number of urea groups is 1. The van der Waals surface area contributed by atoms with Crippen LogP contribution in [0.2, 0.25) is 0 Å². The predicted molar refractivity (Wildman–Crippen MR) is 85.5 cm³/mol. The highest BCUT2D eigenvalue weighted by Crippen LogP contribution is 2.33. The molecule has 1 heterocycles. The summed E-state index contributed by atoms with van der Waals surface area (Å²) in [5.74, 6) is -0.738. The Kier molecular flexibility index (Phi) is 3.94. The molecule has 122 valence electrons. The molecule has 0 radical (unpaired) electrons. The van der Waals surface area contributed by atoms with E-state index in [1.165, 1.54) is 0 Å². The number of carbonyl (C=O) groups is 3. The lowest BCUT2D eigenvalue weighted by molar-refractivity contribution is -0.134. The summed E-state index contributed by atoms with van der Waals surface area (Å²) >= 11 is 0. The van der Waals surface area contributed by atoms with Gasteiger partial charge in [0.1, 0.15) is 12.1 Å². The van der Waals surface area contributed by atoms with E-state index in [1.54, 1.807) is 24.3 Å². The molecule has 0 aromatic heterocycles. The summed E-state index contributed by atoms with van der Waals surface area (Å²) < 4.78 is 0. The minimum Gasteiger partial charge on any atom is -0.397 e. The number of benzene rings is 1. The summed E-state index contributed by atoms with van der Waals surface area (Å²) in [6, 6.07) is 6.35. The first-order valence-corrected chi connectivity index (χ1v) is 7.80. The molecular formula is C16H20N4O3. The molecule has 23 heavy (non-hydrogen) atoms. The van der Waals surface area contributed by atoms with Crippen LogP contribution < -0.4 is 16.4 Å². The van der Waals surface area contributed by atoms with Gasteiger partial charge < -0.3 is 16.4 Å². The Balaban J connectivity index is 1.68. The molecule has 0 bridgehead atoms. The fourth-order valence-electron chi connectivity index (χ4n) is 3.26. The number of hydrogen-bond donors (Lipinski definition) is 3. The van der Waals surface area contributed by atoms with Crippen LogP contribution in [0.1, 0.15) is 32.1 Å². The number of para-hydroxylation sites is 2. The van der Waals surface area contributed by atoms with Gasteiger partial charge in [0.05, 0.1) is 11.4 Å². The molecule has 1 aromatic carbocycles. The number of amides is 4. The van der Waals surface area contributed by atoms with Crippen LogP contribution in [-0.4, -0.2) is 34.8 Å². The highest BCUT2D eigenvalue weighted by atomic mass is 16.2. The van der Waals surface area contributed by atoms with Gasteiger partial charge in [-0.25, -0.2) is 4.79 Å². The third-order valence-corrected chi connectivity index (χ3v) is 4.49. The van der Waals surface area contributed by atoms with Gasteiger partial charge in [-0.2, -0.15) is 0 Å². The molecule has 7 heteroatoms. The molecule has 0 atom stereocenters. The Morgan fingerprint density at radius 2 is 1.91 bits per heavy atom. The van der Waals surface area contributed by atoms with Crippen LogP contribution in [0.4, 0.5) is 16.2 Å². The summed E-state index contributed by atoms with van der Waals surface area (Å²) in [7, 11) is 0. The molecule has 1 spiro atoms. The monoisotopic (exact) mass is 316 g/mol. The van der Waals surface area contributed by atoms with Crippen LogP contribution in [0.3, 0.4) is 0 Å². The van der Waals surface area contributed by atoms with E-state index in [0.717, 1.165) is 24.2 Å². The summed E-state index contributed by atoms with van der Waals surface area (Å²) in [6.45, 7) is -0.305. The van der Waals surface area contributed by atoms with Crippen molar-refractivity contribution < 1.29 is 14.4 Å². The first kappa shape index (κ1) is 15.3. The number of rotatable bonds is 3. The van der Waals surface area contributed by atoms with E-state index in [0.29, 0.717) is 24.2 Å². The average Bonchev–Trinajstić information content (AvgIpc) is 2.75. The number of carbonyl (C=O) groups excluding carboxylic acids is 3. The van der Waals surface area contributed by atoms with Crippen molar-refractivity contribution in [2.45, 2.75) is 37.6 Å². The van der Waals surface area contributed by atoms with Crippen LogP contribution in [0.25, 0.3) is 0 Å². The maximum Gasteiger partial charge on any atom is 0.325 e. The van der Waals surface area contributed by atoms with E-state index in [2.05, 4.69) is 10.6 Å². The molecular weight excluding hydrogens is 296 g/mol. The Hall–Kier alpha value is -2.57. The zero-order chi connectivity index (χ0) is 16.4. The van der Waals surface area contributed by atoms with Crippen molar-refractivity contribution >= 4 is 29.2 Å². The smallest absolute Gasteiger partial charge is 0.325 e. The molecule has 1 aliphatic heterocycles. The van der Waals surface area contributed by atoms with Crippen molar-refractivity contribution in [2.75, 3.05) is 17.6 Å². The molecule has 1 saturated carbocycles. The molecule has 0 unspecified atom stereocenters. The number of hydrogen-bond acceptors (Lipinski definition) is 4. The third-order valence-electron chi connectivity index (χ3n) is 4.49. The SMILES string of the molecule is Nc1ccccc1NC(=O)CN1C(=O)NC2(CCCCC2)C1=O. The van der Waals surface area contributed by atoms with Crippen LogP contribution in [0.5, 0.6) is 0 Å². The highest BCUT2D eigenvalue weighted by molar-refractivity contribution is 6.10. The molecule has 1 aromatic rings. The lowest BCUT2D eigenvalue weighted by atomic mass is 9.82. The maximum atomic E-state index is 12.6. The van der Waals surface area contributed by atoms with E-state index in [4.69, 9.17) is 5.73 Å². The quantitative estimate of drug-likeness (QED) is 0.580. The van der Waals surface area contributed by atoms with Gasteiger partial charge in [0, 0.05) is 0 Å². The molecule has 3 rings (SSSR count). The first-order chi connectivity index (χ1) is 11.0. The van der Waals surface area contributed by atoms with Gasteiger partial charge in [-0.05, 0) is 25.0 Å². The largest absolute Gasteiger partial charge is 0.397 e. The number of nitrogens with one attached hydrogen (secondary N) is 2. The second-order valence-corrected chi connectivity index (χ2v) is 6.10.